The first-order chi connectivity index (χ1) is 5.66. The first kappa shape index (κ1) is 11.1. The molecule has 0 aromatic carbocycles. The number of aldehydes is 1. The largest absolute Gasteiger partial charge is 0.481 e. The minimum absolute atomic E-state index is 0.244. The number of unbranched alkanes of at least 4 members (excludes halogenated alkanes) is 1. The minimum Gasteiger partial charge on any atom is -0.481 e. The SMILES string of the molecule is CC(CC=O)CCCCC(=O)O. The predicted octanol–water partition coefficient (Wildman–Crippen LogP) is 1.86. The Bertz CT molecular complexity index is 143. The Kier molecular flexibility index (Phi) is 6.34. The van der Waals surface area contributed by atoms with Crippen LogP contribution in [0.3, 0.4) is 0 Å². The Balaban J connectivity index is 3.18. The molecule has 0 radical (unpaired) electrons. The van der Waals surface area contributed by atoms with E-state index in [0.717, 1.165) is 25.5 Å². The Hall–Kier alpha value is -0.860. The molecule has 0 aromatic rings. The fraction of sp³-hybridized carbons (Fsp3) is 0.778. The van der Waals surface area contributed by atoms with Crippen molar-refractivity contribution < 1.29 is 14.7 Å². The molecule has 70 valence electrons. The first-order valence-corrected chi connectivity index (χ1v) is 4.32. The van der Waals surface area contributed by atoms with Gasteiger partial charge in [-0.1, -0.05) is 19.8 Å². The summed E-state index contributed by atoms with van der Waals surface area (Å²) in [4.78, 5) is 20.2. The summed E-state index contributed by atoms with van der Waals surface area (Å²) in [6, 6.07) is 0. The first-order valence-electron chi connectivity index (χ1n) is 4.32. The zero-order chi connectivity index (χ0) is 9.40. The summed E-state index contributed by atoms with van der Waals surface area (Å²) >= 11 is 0. The summed E-state index contributed by atoms with van der Waals surface area (Å²) in [5.74, 6) is -0.339. The van der Waals surface area contributed by atoms with Gasteiger partial charge in [-0.15, -0.1) is 0 Å². The minimum atomic E-state index is -0.738. The van der Waals surface area contributed by atoms with Crippen molar-refractivity contribution >= 4 is 12.3 Å². The molecule has 0 aliphatic rings. The fourth-order valence-electron chi connectivity index (χ4n) is 1.05. The average Bonchev–Trinajstić information content (AvgIpc) is 1.98. The highest BCUT2D eigenvalue weighted by Gasteiger charge is 2.01. The van der Waals surface area contributed by atoms with Crippen LogP contribution in [0.2, 0.25) is 0 Å². The third kappa shape index (κ3) is 7.25. The summed E-state index contributed by atoms with van der Waals surface area (Å²) in [5, 5.41) is 8.33. The molecule has 1 N–H and O–H groups in total. The Morgan fingerprint density at radius 3 is 2.67 bits per heavy atom. The predicted molar refractivity (Wildman–Crippen MR) is 45.9 cm³/mol. The molecule has 0 saturated heterocycles. The maximum atomic E-state index is 10.1. The molecule has 0 amide bonds. The lowest BCUT2D eigenvalue weighted by atomic mass is 10.0. The number of carboxylic acids is 1. The molecule has 0 heterocycles. The monoisotopic (exact) mass is 172 g/mol. The molecule has 3 nitrogen and oxygen atoms in total. The summed E-state index contributed by atoms with van der Waals surface area (Å²) in [7, 11) is 0. The molecule has 0 aromatic heterocycles. The molecule has 0 spiro atoms. The van der Waals surface area contributed by atoms with Gasteiger partial charge >= 0.3 is 5.97 Å². The van der Waals surface area contributed by atoms with Crippen molar-refractivity contribution in [3.05, 3.63) is 0 Å². The van der Waals surface area contributed by atoms with Gasteiger partial charge in [0.2, 0.25) is 0 Å². The fourth-order valence-corrected chi connectivity index (χ4v) is 1.05. The average molecular weight is 172 g/mol. The van der Waals surface area contributed by atoms with Gasteiger partial charge in [0, 0.05) is 12.8 Å². The molecule has 1 unspecified atom stereocenters. The molecular weight excluding hydrogens is 156 g/mol. The van der Waals surface area contributed by atoms with E-state index in [4.69, 9.17) is 5.11 Å². The molecule has 1 atom stereocenters. The van der Waals surface area contributed by atoms with Crippen molar-refractivity contribution in [3.63, 3.8) is 0 Å². The third-order valence-electron chi connectivity index (χ3n) is 1.84. The molecule has 0 saturated carbocycles. The van der Waals surface area contributed by atoms with Crippen LogP contribution >= 0.6 is 0 Å². The van der Waals surface area contributed by atoms with E-state index in [1.165, 1.54) is 0 Å². The van der Waals surface area contributed by atoms with E-state index in [1.54, 1.807) is 0 Å². The smallest absolute Gasteiger partial charge is 0.303 e. The van der Waals surface area contributed by atoms with Crippen LogP contribution in [-0.4, -0.2) is 17.4 Å². The summed E-state index contributed by atoms with van der Waals surface area (Å²) in [6.07, 6.45) is 4.33. The number of carbonyl (C=O) groups is 2. The standard InChI is InChI=1S/C9H16O3/c1-8(6-7-10)4-2-3-5-9(11)12/h7-8H,2-6H2,1H3,(H,11,12). The third-order valence-corrected chi connectivity index (χ3v) is 1.84. The molecule has 0 rings (SSSR count). The van der Waals surface area contributed by atoms with Gasteiger partial charge < -0.3 is 9.90 Å². The molecule has 0 bridgehead atoms. The molecule has 0 aliphatic heterocycles. The number of carboxylic acid groups (broad SMARTS) is 1. The normalized spacial score (nSPS) is 12.4. The Morgan fingerprint density at radius 2 is 2.17 bits per heavy atom. The van der Waals surface area contributed by atoms with Gasteiger partial charge in [0.1, 0.15) is 6.29 Å². The lowest BCUT2D eigenvalue weighted by Gasteiger charge is -2.05. The van der Waals surface area contributed by atoms with E-state index in [0.29, 0.717) is 12.3 Å². The number of aliphatic carboxylic acids is 1. The topological polar surface area (TPSA) is 54.4 Å². The van der Waals surface area contributed by atoms with Gasteiger partial charge in [-0.2, -0.15) is 0 Å². The second-order valence-corrected chi connectivity index (χ2v) is 3.15. The van der Waals surface area contributed by atoms with E-state index in [1.807, 2.05) is 6.92 Å². The molecule has 0 fully saturated rings. The van der Waals surface area contributed by atoms with Gasteiger partial charge in [0.25, 0.3) is 0 Å². The van der Waals surface area contributed by atoms with Crippen LogP contribution in [-0.2, 0) is 9.59 Å². The molecular formula is C9H16O3. The van der Waals surface area contributed by atoms with Crippen LogP contribution in [0.4, 0.5) is 0 Å². The van der Waals surface area contributed by atoms with Gasteiger partial charge in [-0.05, 0) is 12.3 Å². The zero-order valence-electron chi connectivity index (χ0n) is 7.45. The van der Waals surface area contributed by atoms with Crippen molar-refractivity contribution in [1.29, 1.82) is 0 Å². The lowest BCUT2D eigenvalue weighted by molar-refractivity contribution is -0.137. The van der Waals surface area contributed by atoms with Crippen molar-refractivity contribution in [2.75, 3.05) is 0 Å². The maximum absolute atomic E-state index is 10.1. The van der Waals surface area contributed by atoms with E-state index in [9.17, 15) is 9.59 Å². The van der Waals surface area contributed by atoms with Gasteiger partial charge in [0.15, 0.2) is 0 Å². The Labute approximate surface area is 72.8 Å². The van der Waals surface area contributed by atoms with Crippen LogP contribution in [0.5, 0.6) is 0 Å². The van der Waals surface area contributed by atoms with Crippen LogP contribution in [0.1, 0.15) is 39.0 Å². The van der Waals surface area contributed by atoms with Crippen molar-refractivity contribution in [1.82, 2.24) is 0 Å². The summed E-state index contributed by atoms with van der Waals surface area (Å²) < 4.78 is 0. The quantitative estimate of drug-likeness (QED) is 0.471. The summed E-state index contributed by atoms with van der Waals surface area (Å²) in [5.41, 5.74) is 0. The molecule has 3 heteroatoms. The lowest BCUT2D eigenvalue weighted by Crippen LogP contribution is -1.98. The number of carbonyl (C=O) groups excluding carboxylic acids is 1. The molecule has 0 aliphatic carbocycles. The second kappa shape index (κ2) is 6.83. The number of rotatable bonds is 7. The number of hydrogen-bond donors (Lipinski definition) is 1. The van der Waals surface area contributed by atoms with Crippen molar-refractivity contribution in [2.24, 2.45) is 5.92 Å². The maximum Gasteiger partial charge on any atom is 0.303 e. The van der Waals surface area contributed by atoms with Gasteiger partial charge in [-0.3, -0.25) is 4.79 Å². The van der Waals surface area contributed by atoms with Crippen molar-refractivity contribution in [2.45, 2.75) is 39.0 Å². The van der Waals surface area contributed by atoms with E-state index < -0.39 is 5.97 Å². The van der Waals surface area contributed by atoms with Gasteiger partial charge in [0.05, 0.1) is 0 Å². The Morgan fingerprint density at radius 1 is 1.50 bits per heavy atom. The summed E-state index contributed by atoms with van der Waals surface area (Å²) in [6.45, 7) is 2.01. The van der Waals surface area contributed by atoms with Crippen LogP contribution in [0, 0.1) is 5.92 Å². The van der Waals surface area contributed by atoms with Crippen LogP contribution in [0.15, 0.2) is 0 Å². The second-order valence-electron chi connectivity index (χ2n) is 3.15. The zero-order valence-corrected chi connectivity index (χ0v) is 7.45. The van der Waals surface area contributed by atoms with Crippen LogP contribution < -0.4 is 0 Å². The van der Waals surface area contributed by atoms with E-state index >= 15 is 0 Å². The number of hydrogen-bond acceptors (Lipinski definition) is 2. The van der Waals surface area contributed by atoms with Crippen molar-refractivity contribution in [3.8, 4) is 0 Å². The molecule has 12 heavy (non-hydrogen) atoms. The van der Waals surface area contributed by atoms with Gasteiger partial charge in [-0.25, -0.2) is 0 Å². The van der Waals surface area contributed by atoms with E-state index in [-0.39, 0.29) is 6.42 Å². The highest BCUT2D eigenvalue weighted by Crippen LogP contribution is 2.11. The highest BCUT2D eigenvalue weighted by atomic mass is 16.4. The van der Waals surface area contributed by atoms with E-state index in [2.05, 4.69) is 0 Å². The highest BCUT2D eigenvalue weighted by molar-refractivity contribution is 5.66. The van der Waals surface area contributed by atoms with Crippen LogP contribution in [0.25, 0.3) is 0 Å².